The Bertz CT molecular complexity index is 466. The number of rotatable bonds is 2. The van der Waals surface area contributed by atoms with Crippen LogP contribution in [-0.4, -0.2) is 18.2 Å². The highest BCUT2D eigenvalue weighted by molar-refractivity contribution is 5.92. The smallest absolute Gasteiger partial charge is 0.338 e. The van der Waals surface area contributed by atoms with Crippen LogP contribution in [0, 0.1) is 11.3 Å². The minimum Gasteiger partial charge on any atom is -0.507 e. The summed E-state index contributed by atoms with van der Waals surface area (Å²) in [5, 5.41) is 17.8. The third-order valence-electron chi connectivity index (χ3n) is 1.96. The molecular weight excluding hydrogens is 220 g/mol. The van der Waals surface area contributed by atoms with Crippen LogP contribution in [0.5, 0.6) is 5.75 Å². The number of benzene rings is 1. The Balaban J connectivity index is 3.53. The van der Waals surface area contributed by atoms with Gasteiger partial charge in [0.1, 0.15) is 17.4 Å². The van der Waals surface area contributed by atoms with Crippen LogP contribution in [0.15, 0.2) is 12.1 Å². The van der Waals surface area contributed by atoms with Gasteiger partial charge in [-0.25, -0.2) is 13.6 Å². The van der Waals surface area contributed by atoms with Crippen molar-refractivity contribution >= 4 is 5.97 Å². The molecule has 0 aliphatic heterocycles. The molecule has 1 aromatic rings. The molecule has 0 bridgehead atoms. The first kappa shape index (κ1) is 11.9. The topological polar surface area (TPSA) is 70.3 Å². The van der Waals surface area contributed by atoms with Gasteiger partial charge in [-0.05, 0) is 12.1 Å². The molecule has 0 radical (unpaired) electrons. The maximum Gasteiger partial charge on any atom is 0.338 e. The Labute approximate surface area is 89.7 Å². The minimum absolute atomic E-state index is 0.424. The lowest BCUT2D eigenvalue weighted by Crippen LogP contribution is -2.08. The summed E-state index contributed by atoms with van der Waals surface area (Å²) in [7, 11) is 1.04. The number of carbonyl (C=O) groups excluding carboxylic acids is 1. The second-order valence-corrected chi connectivity index (χ2v) is 2.83. The molecule has 0 saturated carbocycles. The molecule has 0 unspecified atom stereocenters. The zero-order valence-electron chi connectivity index (χ0n) is 8.20. The second-order valence-electron chi connectivity index (χ2n) is 2.83. The van der Waals surface area contributed by atoms with Crippen LogP contribution >= 0.6 is 0 Å². The summed E-state index contributed by atoms with van der Waals surface area (Å²) in [6.07, 6.45) is -3.05. The number of hydrogen-bond acceptors (Lipinski definition) is 4. The van der Waals surface area contributed by atoms with E-state index in [1.165, 1.54) is 6.07 Å². The maximum absolute atomic E-state index is 12.7. The first-order chi connectivity index (χ1) is 7.52. The van der Waals surface area contributed by atoms with Gasteiger partial charge < -0.3 is 9.84 Å². The third-order valence-corrected chi connectivity index (χ3v) is 1.96. The average Bonchev–Trinajstić information content (AvgIpc) is 2.27. The molecule has 0 spiro atoms. The summed E-state index contributed by atoms with van der Waals surface area (Å²) >= 11 is 0. The fourth-order valence-electron chi connectivity index (χ4n) is 1.24. The highest BCUT2D eigenvalue weighted by atomic mass is 19.3. The van der Waals surface area contributed by atoms with Crippen LogP contribution in [0.4, 0.5) is 8.78 Å². The molecule has 0 heterocycles. The van der Waals surface area contributed by atoms with Crippen molar-refractivity contribution in [3.05, 3.63) is 28.8 Å². The number of aromatic hydroxyl groups is 1. The van der Waals surface area contributed by atoms with Gasteiger partial charge in [0.25, 0.3) is 6.43 Å². The van der Waals surface area contributed by atoms with Crippen molar-refractivity contribution in [1.82, 2.24) is 0 Å². The first-order valence-corrected chi connectivity index (χ1v) is 4.15. The highest BCUT2D eigenvalue weighted by Crippen LogP contribution is 2.32. The van der Waals surface area contributed by atoms with Gasteiger partial charge in [0.15, 0.2) is 0 Å². The molecule has 6 heteroatoms. The predicted octanol–water partition coefficient (Wildman–Crippen LogP) is 1.99. The Morgan fingerprint density at radius 1 is 1.56 bits per heavy atom. The molecule has 0 amide bonds. The zero-order valence-corrected chi connectivity index (χ0v) is 8.20. The van der Waals surface area contributed by atoms with Gasteiger partial charge in [0.05, 0.1) is 18.2 Å². The molecule has 1 aromatic carbocycles. The van der Waals surface area contributed by atoms with Gasteiger partial charge in [-0.1, -0.05) is 0 Å². The van der Waals surface area contributed by atoms with E-state index in [1.54, 1.807) is 0 Å². The first-order valence-electron chi connectivity index (χ1n) is 4.15. The summed E-state index contributed by atoms with van der Waals surface area (Å²) in [5.41, 5.74) is -1.85. The van der Waals surface area contributed by atoms with E-state index >= 15 is 0 Å². The molecule has 84 valence electrons. The summed E-state index contributed by atoms with van der Waals surface area (Å²) < 4.78 is 29.7. The van der Waals surface area contributed by atoms with E-state index in [-0.39, 0.29) is 0 Å². The Morgan fingerprint density at radius 2 is 2.19 bits per heavy atom. The number of nitrogens with zero attached hydrogens (tertiary/aromatic N) is 1. The lowest BCUT2D eigenvalue weighted by Gasteiger charge is -2.09. The standard InChI is InChI=1S/C10H7F2NO3/c1-16-10(15)5-2-3-7(14)6(4-13)8(5)9(11)12/h2-3,9,14H,1H3. The molecule has 0 fully saturated rings. The lowest BCUT2D eigenvalue weighted by molar-refractivity contribution is 0.0589. The molecule has 0 aromatic heterocycles. The fraction of sp³-hybridized carbons (Fsp3) is 0.200. The number of alkyl halides is 2. The van der Waals surface area contributed by atoms with E-state index in [0.29, 0.717) is 0 Å². The molecule has 0 saturated heterocycles. The van der Waals surface area contributed by atoms with Crippen molar-refractivity contribution in [2.24, 2.45) is 0 Å². The van der Waals surface area contributed by atoms with E-state index in [9.17, 15) is 18.7 Å². The van der Waals surface area contributed by atoms with Gasteiger partial charge in [-0.2, -0.15) is 5.26 Å². The molecule has 16 heavy (non-hydrogen) atoms. The fourth-order valence-corrected chi connectivity index (χ4v) is 1.24. The largest absolute Gasteiger partial charge is 0.507 e. The van der Waals surface area contributed by atoms with Crippen molar-refractivity contribution in [3.63, 3.8) is 0 Å². The molecule has 1 N–H and O–H groups in total. The Morgan fingerprint density at radius 3 is 2.62 bits per heavy atom. The third kappa shape index (κ3) is 1.93. The number of hydrogen-bond donors (Lipinski definition) is 1. The van der Waals surface area contributed by atoms with E-state index in [2.05, 4.69) is 4.74 Å². The number of esters is 1. The lowest BCUT2D eigenvalue weighted by atomic mass is 10.0. The summed E-state index contributed by atoms with van der Waals surface area (Å²) in [6, 6.07) is 3.41. The number of nitriles is 1. The minimum atomic E-state index is -3.05. The van der Waals surface area contributed by atoms with Crippen molar-refractivity contribution in [2.45, 2.75) is 6.43 Å². The van der Waals surface area contributed by atoms with Gasteiger partial charge in [0, 0.05) is 0 Å². The summed E-state index contributed by atoms with van der Waals surface area (Å²) in [6.45, 7) is 0. The van der Waals surface area contributed by atoms with Crippen LogP contribution in [0.2, 0.25) is 0 Å². The number of carbonyl (C=O) groups is 1. The SMILES string of the molecule is COC(=O)c1ccc(O)c(C#N)c1C(F)F. The molecular formula is C10H7F2NO3. The van der Waals surface area contributed by atoms with Crippen molar-refractivity contribution < 1.29 is 23.4 Å². The number of ether oxygens (including phenoxy) is 1. The summed E-state index contributed by atoms with van der Waals surface area (Å²) in [4.78, 5) is 11.2. The number of phenolic OH excluding ortho intramolecular Hbond substituents is 1. The highest BCUT2D eigenvalue weighted by Gasteiger charge is 2.25. The second kappa shape index (κ2) is 4.57. The number of halogens is 2. The van der Waals surface area contributed by atoms with E-state index in [1.807, 2.05) is 0 Å². The monoisotopic (exact) mass is 227 g/mol. The van der Waals surface area contributed by atoms with Gasteiger partial charge in [-0.3, -0.25) is 0 Å². The van der Waals surface area contributed by atoms with Crippen molar-refractivity contribution in [2.75, 3.05) is 7.11 Å². The summed E-state index contributed by atoms with van der Waals surface area (Å²) in [5.74, 6) is -1.57. The number of methoxy groups -OCH3 is 1. The van der Waals surface area contributed by atoms with Gasteiger partial charge in [0.2, 0.25) is 0 Å². The van der Waals surface area contributed by atoms with Gasteiger partial charge >= 0.3 is 5.97 Å². The molecule has 0 aliphatic carbocycles. The predicted molar refractivity (Wildman–Crippen MR) is 49.1 cm³/mol. The van der Waals surface area contributed by atoms with Crippen LogP contribution in [0.1, 0.15) is 27.9 Å². The van der Waals surface area contributed by atoms with Crippen molar-refractivity contribution in [3.8, 4) is 11.8 Å². The van der Waals surface area contributed by atoms with E-state index < -0.39 is 34.8 Å². The molecule has 1 rings (SSSR count). The Kier molecular flexibility index (Phi) is 3.40. The average molecular weight is 227 g/mol. The van der Waals surface area contributed by atoms with E-state index in [4.69, 9.17) is 5.26 Å². The molecule has 0 atom stereocenters. The number of phenols is 1. The quantitative estimate of drug-likeness (QED) is 0.784. The van der Waals surface area contributed by atoms with Crippen LogP contribution in [0.3, 0.4) is 0 Å². The van der Waals surface area contributed by atoms with Crippen LogP contribution in [-0.2, 0) is 4.74 Å². The van der Waals surface area contributed by atoms with Crippen molar-refractivity contribution in [1.29, 1.82) is 5.26 Å². The zero-order chi connectivity index (χ0) is 12.3. The Hall–Kier alpha value is -2.16. The van der Waals surface area contributed by atoms with Gasteiger partial charge in [-0.15, -0.1) is 0 Å². The molecule has 4 nitrogen and oxygen atoms in total. The van der Waals surface area contributed by atoms with Crippen LogP contribution < -0.4 is 0 Å². The van der Waals surface area contributed by atoms with Crippen LogP contribution in [0.25, 0.3) is 0 Å². The normalized spacial score (nSPS) is 9.94. The van der Waals surface area contributed by atoms with E-state index in [0.717, 1.165) is 19.2 Å². The molecule has 0 aliphatic rings. The maximum atomic E-state index is 12.7.